The molecular formula is C12H18Cl2. The molecule has 0 aromatic heterocycles. The van der Waals surface area contributed by atoms with Crippen molar-refractivity contribution in [1.82, 2.24) is 0 Å². The molecule has 0 unspecified atom stereocenters. The number of hydrogen-bond donors (Lipinski definition) is 0. The van der Waals surface area contributed by atoms with Gasteiger partial charge < -0.3 is 0 Å². The van der Waals surface area contributed by atoms with E-state index in [4.69, 9.17) is 23.2 Å². The Bertz CT molecular complexity index is 277. The van der Waals surface area contributed by atoms with Gasteiger partial charge in [-0.25, -0.2) is 0 Å². The highest BCUT2D eigenvalue weighted by molar-refractivity contribution is 6.34. The van der Waals surface area contributed by atoms with Gasteiger partial charge in [-0.1, -0.05) is 51.4 Å². The lowest BCUT2D eigenvalue weighted by molar-refractivity contribution is 0.411. The maximum Gasteiger partial charge on any atom is 0.0423 e. The van der Waals surface area contributed by atoms with Gasteiger partial charge in [0.2, 0.25) is 0 Å². The molecule has 0 fully saturated rings. The van der Waals surface area contributed by atoms with Crippen LogP contribution in [0.4, 0.5) is 0 Å². The van der Waals surface area contributed by atoms with Crippen LogP contribution in [0, 0.1) is 5.41 Å². The molecule has 0 amide bonds. The van der Waals surface area contributed by atoms with E-state index in [0.29, 0.717) is 10.0 Å². The fourth-order valence-electron chi connectivity index (χ4n) is 1.33. The van der Waals surface area contributed by atoms with Crippen LogP contribution in [0.3, 0.4) is 0 Å². The minimum absolute atomic E-state index is 0. The molecule has 0 N–H and O–H groups in total. The Morgan fingerprint density at radius 2 is 1.43 bits per heavy atom. The average Bonchev–Trinajstić information content (AvgIpc) is 1.78. The third-order valence-corrected chi connectivity index (χ3v) is 2.09. The monoisotopic (exact) mass is 232 g/mol. The molecule has 0 atom stereocenters. The molecule has 0 bridgehead atoms. The Kier molecular flexibility index (Phi) is 4.97. The Labute approximate surface area is 97.2 Å². The van der Waals surface area contributed by atoms with E-state index in [1.54, 1.807) is 6.07 Å². The molecule has 80 valence electrons. The summed E-state index contributed by atoms with van der Waals surface area (Å²) in [5.74, 6) is 0. The first-order valence-corrected chi connectivity index (χ1v) is 5.07. The van der Waals surface area contributed by atoms with Crippen molar-refractivity contribution in [2.45, 2.75) is 34.6 Å². The molecule has 0 saturated heterocycles. The molecule has 0 spiro atoms. The maximum absolute atomic E-state index is 5.89. The van der Waals surface area contributed by atoms with Crippen LogP contribution in [-0.2, 0) is 6.42 Å². The van der Waals surface area contributed by atoms with Gasteiger partial charge in [0.05, 0.1) is 0 Å². The summed E-state index contributed by atoms with van der Waals surface area (Å²) < 4.78 is 0. The molecule has 0 aliphatic carbocycles. The summed E-state index contributed by atoms with van der Waals surface area (Å²) in [7, 11) is 0. The van der Waals surface area contributed by atoms with Crippen molar-refractivity contribution >= 4 is 23.2 Å². The normalized spacial score (nSPS) is 10.9. The third kappa shape index (κ3) is 4.88. The van der Waals surface area contributed by atoms with Crippen molar-refractivity contribution in [3.8, 4) is 0 Å². The van der Waals surface area contributed by atoms with Gasteiger partial charge >= 0.3 is 0 Å². The molecule has 0 aliphatic heterocycles. The minimum atomic E-state index is 0. The van der Waals surface area contributed by atoms with Crippen LogP contribution in [0.25, 0.3) is 0 Å². The Morgan fingerprint density at radius 3 is 1.79 bits per heavy atom. The van der Waals surface area contributed by atoms with Crippen LogP contribution < -0.4 is 0 Å². The van der Waals surface area contributed by atoms with E-state index in [9.17, 15) is 0 Å². The zero-order valence-electron chi connectivity index (χ0n) is 8.20. The first-order valence-electron chi connectivity index (χ1n) is 4.32. The Hall–Kier alpha value is -0.200. The third-order valence-electron chi connectivity index (χ3n) is 1.66. The average molecular weight is 233 g/mol. The molecule has 2 heteroatoms. The molecule has 14 heavy (non-hydrogen) atoms. The molecule has 0 saturated carbocycles. The van der Waals surface area contributed by atoms with Gasteiger partial charge in [0.25, 0.3) is 0 Å². The second-order valence-electron chi connectivity index (χ2n) is 4.52. The first-order chi connectivity index (χ1) is 5.87. The number of rotatable bonds is 1. The zero-order chi connectivity index (χ0) is 10.1. The summed E-state index contributed by atoms with van der Waals surface area (Å²) in [4.78, 5) is 0. The summed E-state index contributed by atoms with van der Waals surface area (Å²) in [5.41, 5.74) is 1.47. The molecule has 0 nitrogen and oxygen atoms in total. The van der Waals surface area contributed by atoms with E-state index in [1.807, 2.05) is 12.1 Å². The van der Waals surface area contributed by atoms with Crippen LogP contribution in [-0.4, -0.2) is 0 Å². The smallest absolute Gasteiger partial charge is 0.0423 e. The highest BCUT2D eigenvalue weighted by Crippen LogP contribution is 2.25. The fourth-order valence-corrected chi connectivity index (χ4v) is 1.90. The summed E-state index contributed by atoms with van der Waals surface area (Å²) in [6.45, 7) is 6.59. The Morgan fingerprint density at radius 1 is 1.00 bits per heavy atom. The van der Waals surface area contributed by atoms with Crippen molar-refractivity contribution in [3.05, 3.63) is 33.8 Å². The molecule has 1 aromatic carbocycles. The lowest BCUT2D eigenvalue weighted by atomic mass is 9.88. The van der Waals surface area contributed by atoms with Crippen LogP contribution in [0.2, 0.25) is 10.0 Å². The van der Waals surface area contributed by atoms with Gasteiger partial charge in [-0.2, -0.15) is 0 Å². The van der Waals surface area contributed by atoms with E-state index in [0.717, 1.165) is 6.42 Å². The second kappa shape index (κ2) is 5.04. The summed E-state index contributed by atoms with van der Waals surface area (Å²) in [6.07, 6.45) is 0.993. The minimum Gasteiger partial charge on any atom is -0.0843 e. The van der Waals surface area contributed by atoms with Crippen molar-refractivity contribution in [1.29, 1.82) is 0 Å². The molecule has 0 radical (unpaired) electrons. The highest BCUT2D eigenvalue weighted by atomic mass is 35.5. The zero-order valence-corrected chi connectivity index (χ0v) is 9.71. The number of halogens is 2. The maximum atomic E-state index is 5.89. The van der Waals surface area contributed by atoms with Gasteiger partial charge in [0.15, 0.2) is 0 Å². The predicted molar refractivity (Wildman–Crippen MR) is 66.4 cm³/mol. The van der Waals surface area contributed by atoms with Crippen LogP contribution in [0.1, 0.15) is 33.8 Å². The summed E-state index contributed by atoms with van der Waals surface area (Å²) >= 11 is 11.8. The quantitative estimate of drug-likeness (QED) is 0.623. The van der Waals surface area contributed by atoms with E-state index >= 15 is 0 Å². The van der Waals surface area contributed by atoms with E-state index in [2.05, 4.69) is 20.8 Å². The van der Waals surface area contributed by atoms with Gasteiger partial charge in [-0.3, -0.25) is 0 Å². The van der Waals surface area contributed by atoms with Crippen molar-refractivity contribution in [3.63, 3.8) is 0 Å². The van der Waals surface area contributed by atoms with E-state index in [1.165, 1.54) is 5.56 Å². The van der Waals surface area contributed by atoms with Crippen LogP contribution in [0.15, 0.2) is 18.2 Å². The summed E-state index contributed by atoms with van der Waals surface area (Å²) in [6, 6.07) is 5.70. The lowest BCUT2D eigenvalue weighted by Crippen LogP contribution is -2.08. The number of hydrogen-bond acceptors (Lipinski definition) is 0. The topological polar surface area (TPSA) is 0 Å². The largest absolute Gasteiger partial charge is 0.0843 e. The molecule has 1 rings (SSSR count). The van der Waals surface area contributed by atoms with Crippen molar-refractivity contribution in [2.75, 3.05) is 0 Å². The van der Waals surface area contributed by atoms with E-state index < -0.39 is 0 Å². The van der Waals surface area contributed by atoms with Crippen LogP contribution in [0.5, 0.6) is 0 Å². The van der Waals surface area contributed by atoms with Gasteiger partial charge in [0, 0.05) is 10.0 Å². The number of benzene rings is 1. The van der Waals surface area contributed by atoms with E-state index in [-0.39, 0.29) is 12.8 Å². The fraction of sp³-hybridized carbons (Fsp3) is 0.500. The molecule has 0 heterocycles. The lowest BCUT2D eigenvalue weighted by Gasteiger charge is -2.18. The SMILES string of the molecule is C.CC(C)(C)Cc1cc(Cl)cc(Cl)c1. The van der Waals surface area contributed by atoms with Crippen molar-refractivity contribution < 1.29 is 0 Å². The standard InChI is InChI=1S/C11H14Cl2.CH4/c1-11(2,3)7-8-4-9(12)6-10(13)5-8;/h4-6H,7H2,1-3H3;1H4. The van der Waals surface area contributed by atoms with Gasteiger partial charge in [0.1, 0.15) is 0 Å². The first kappa shape index (κ1) is 13.8. The van der Waals surface area contributed by atoms with Crippen LogP contribution >= 0.6 is 23.2 Å². The molecule has 1 aromatic rings. The highest BCUT2D eigenvalue weighted by Gasteiger charge is 2.11. The van der Waals surface area contributed by atoms with Gasteiger partial charge in [-0.15, -0.1) is 0 Å². The predicted octanol–water partition coefficient (Wildman–Crippen LogP) is 5.22. The molecule has 0 aliphatic rings. The Balaban J connectivity index is 0.00000169. The van der Waals surface area contributed by atoms with Crippen molar-refractivity contribution in [2.24, 2.45) is 5.41 Å². The second-order valence-corrected chi connectivity index (χ2v) is 5.39. The summed E-state index contributed by atoms with van der Waals surface area (Å²) in [5, 5.41) is 1.43. The van der Waals surface area contributed by atoms with Gasteiger partial charge in [-0.05, 0) is 35.6 Å². The molecular weight excluding hydrogens is 215 g/mol.